The van der Waals surface area contributed by atoms with Crippen LogP contribution in [0.25, 0.3) is 16.9 Å². The molecule has 8 nitrogen and oxygen atoms in total. The Morgan fingerprint density at radius 1 is 1.07 bits per heavy atom. The first-order chi connectivity index (χ1) is 20.3. The number of anilines is 1. The van der Waals surface area contributed by atoms with Gasteiger partial charge in [0, 0.05) is 41.5 Å². The van der Waals surface area contributed by atoms with Gasteiger partial charge in [-0.15, -0.1) is 5.10 Å². The molecule has 3 aromatic rings. The fourth-order valence-electron chi connectivity index (χ4n) is 5.62. The van der Waals surface area contributed by atoms with Crippen molar-refractivity contribution < 1.29 is 23.8 Å². The number of ether oxygens (including phenoxy) is 2. The van der Waals surface area contributed by atoms with E-state index in [2.05, 4.69) is 46.4 Å². The van der Waals surface area contributed by atoms with Crippen molar-refractivity contribution in [3.63, 3.8) is 0 Å². The van der Waals surface area contributed by atoms with Gasteiger partial charge in [0.05, 0.1) is 17.9 Å². The van der Waals surface area contributed by atoms with Crippen molar-refractivity contribution in [3.8, 4) is 17.0 Å². The molecule has 0 amide bonds. The summed E-state index contributed by atoms with van der Waals surface area (Å²) in [5, 5.41) is 15.6. The summed E-state index contributed by atoms with van der Waals surface area (Å²) >= 11 is 0. The standard InChI is InChI=1S/C35H51FN4O4/c1-21-23-13-12-18-43-30(23)25(36)19-24(21)29-28(31(32(41)42)44-35(9,10)11)22(2)37-26-20-27(38-40(26)29)39(16-14-33(3,4)5)17-15-34(6,7)8/h19-20,31H,12-18H2,1-11H3,(H,41,42). The summed E-state index contributed by atoms with van der Waals surface area (Å²) in [7, 11) is 0. The third kappa shape index (κ3) is 7.71. The highest BCUT2D eigenvalue weighted by atomic mass is 19.1. The maximum absolute atomic E-state index is 15.7. The second-order valence-corrected chi connectivity index (χ2v) is 15.6. The number of benzene rings is 1. The molecule has 0 saturated carbocycles. The minimum Gasteiger partial charge on any atom is -0.490 e. The number of carbonyl (C=O) groups is 1. The zero-order valence-electron chi connectivity index (χ0n) is 28.5. The van der Waals surface area contributed by atoms with Crippen LogP contribution in [0, 0.1) is 30.5 Å². The number of hydrogen-bond donors (Lipinski definition) is 1. The highest BCUT2D eigenvalue weighted by molar-refractivity contribution is 5.82. The molecule has 1 atom stereocenters. The highest BCUT2D eigenvalue weighted by Gasteiger charge is 2.35. The SMILES string of the molecule is Cc1nc2cc(N(CCC(C)(C)C)CCC(C)(C)C)nn2c(-c2cc(F)c3c(c2C)CCCO3)c1C(OC(C)(C)C)C(=O)O. The molecule has 1 N–H and O–H groups in total. The maximum Gasteiger partial charge on any atom is 0.337 e. The van der Waals surface area contributed by atoms with Crippen molar-refractivity contribution in [2.45, 2.75) is 114 Å². The third-order valence-corrected chi connectivity index (χ3v) is 8.05. The van der Waals surface area contributed by atoms with Gasteiger partial charge in [0.25, 0.3) is 0 Å². The predicted molar refractivity (Wildman–Crippen MR) is 173 cm³/mol. The first-order valence-corrected chi connectivity index (χ1v) is 15.8. The van der Waals surface area contributed by atoms with E-state index in [0.29, 0.717) is 41.2 Å². The van der Waals surface area contributed by atoms with E-state index in [1.54, 1.807) is 11.4 Å². The Morgan fingerprint density at radius 2 is 1.68 bits per heavy atom. The normalized spacial score (nSPS) is 14.8. The molecule has 2 aromatic heterocycles. The van der Waals surface area contributed by atoms with E-state index in [9.17, 15) is 9.90 Å². The fourth-order valence-corrected chi connectivity index (χ4v) is 5.62. The van der Waals surface area contributed by atoms with E-state index >= 15 is 4.39 Å². The van der Waals surface area contributed by atoms with Crippen molar-refractivity contribution in [2.75, 3.05) is 24.6 Å². The van der Waals surface area contributed by atoms with E-state index < -0.39 is 23.5 Å². The van der Waals surface area contributed by atoms with Gasteiger partial charge in [0.1, 0.15) is 0 Å². The van der Waals surface area contributed by atoms with Gasteiger partial charge in [-0.05, 0) is 82.8 Å². The second kappa shape index (κ2) is 12.3. The molecule has 3 heterocycles. The first kappa shape index (κ1) is 33.7. The molecule has 0 radical (unpaired) electrons. The third-order valence-electron chi connectivity index (χ3n) is 8.05. The molecule has 0 saturated heterocycles. The molecule has 9 heteroatoms. The number of aliphatic carboxylic acids is 1. The Hall–Kier alpha value is -3.20. The van der Waals surface area contributed by atoms with E-state index in [4.69, 9.17) is 19.6 Å². The van der Waals surface area contributed by atoms with Crippen LogP contribution in [-0.4, -0.2) is 51.0 Å². The number of rotatable bonds is 9. The average molecular weight is 611 g/mol. The van der Waals surface area contributed by atoms with Gasteiger partial charge in [-0.25, -0.2) is 18.7 Å². The topological polar surface area (TPSA) is 89.2 Å². The molecule has 1 aliphatic heterocycles. The lowest BCUT2D eigenvalue weighted by Gasteiger charge is -2.29. The zero-order valence-corrected chi connectivity index (χ0v) is 28.5. The molecular formula is C35H51FN4O4. The molecule has 1 aliphatic rings. The lowest BCUT2D eigenvalue weighted by molar-refractivity contribution is -0.160. The fraction of sp³-hybridized carbons (Fsp3) is 0.629. The molecule has 1 unspecified atom stereocenters. The van der Waals surface area contributed by atoms with Crippen LogP contribution in [0.4, 0.5) is 10.2 Å². The minimum atomic E-state index is -1.35. The number of nitrogens with zero attached hydrogens (tertiary/aromatic N) is 4. The second-order valence-electron chi connectivity index (χ2n) is 15.6. The average Bonchev–Trinajstić information content (AvgIpc) is 3.30. The monoisotopic (exact) mass is 610 g/mol. The van der Waals surface area contributed by atoms with Crippen molar-refractivity contribution in [1.82, 2.24) is 14.6 Å². The van der Waals surface area contributed by atoms with Gasteiger partial charge in [0.15, 0.2) is 29.1 Å². The molecule has 0 fully saturated rings. The lowest BCUT2D eigenvalue weighted by atomic mass is 9.90. The van der Waals surface area contributed by atoms with E-state index in [0.717, 1.165) is 49.3 Å². The number of carboxylic acid groups (broad SMARTS) is 1. The van der Waals surface area contributed by atoms with E-state index in [1.807, 2.05) is 33.8 Å². The van der Waals surface area contributed by atoms with Gasteiger partial charge >= 0.3 is 5.97 Å². The molecule has 4 rings (SSSR count). The predicted octanol–water partition coefficient (Wildman–Crippen LogP) is 8.10. The smallest absolute Gasteiger partial charge is 0.337 e. The summed E-state index contributed by atoms with van der Waals surface area (Å²) < 4.78 is 29.3. The zero-order chi connectivity index (χ0) is 32.8. The van der Waals surface area contributed by atoms with Crippen LogP contribution in [0.1, 0.15) is 110 Å². The summed E-state index contributed by atoms with van der Waals surface area (Å²) in [5.74, 6) is -0.582. The van der Waals surface area contributed by atoms with Crippen molar-refractivity contribution in [2.24, 2.45) is 10.8 Å². The molecule has 0 bridgehead atoms. The van der Waals surface area contributed by atoms with Crippen LogP contribution in [0.15, 0.2) is 12.1 Å². The van der Waals surface area contributed by atoms with E-state index in [1.165, 1.54) is 6.07 Å². The van der Waals surface area contributed by atoms with Crippen LogP contribution in [0.5, 0.6) is 5.75 Å². The van der Waals surface area contributed by atoms with Crippen LogP contribution < -0.4 is 9.64 Å². The summed E-state index contributed by atoms with van der Waals surface area (Å²) in [4.78, 5) is 20.0. The largest absolute Gasteiger partial charge is 0.490 e. The number of fused-ring (bicyclic) bond motifs is 2. The highest BCUT2D eigenvalue weighted by Crippen LogP contribution is 2.42. The molecular weight excluding hydrogens is 559 g/mol. The number of aryl methyl sites for hydroxylation is 1. The Balaban J connectivity index is 2.02. The summed E-state index contributed by atoms with van der Waals surface area (Å²) in [6.07, 6.45) is 2.03. The summed E-state index contributed by atoms with van der Waals surface area (Å²) in [5.41, 5.74) is 3.61. The van der Waals surface area contributed by atoms with E-state index in [-0.39, 0.29) is 16.6 Å². The van der Waals surface area contributed by atoms with Crippen LogP contribution in [-0.2, 0) is 16.0 Å². The number of aromatic nitrogens is 3. The van der Waals surface area contributed by atoms with Crippen LogP contribution in [0.3, 0.4) is 0 Å². The van der Waals surface area contributed by atoms with Gasteiger partial charge in [0.2, 0.25) is 0 Å². The Morgan fingerprint density at radius 3 is 2.23 bits per heavy atom. The molecule has 44 heavy (non-hydrogen) atoms. The Kier molecular flexibility index (Phi) is 9.42. The van der Waals surface area contributed by atoms with Crippen molar-refractivity contribution in [3.05, 3.63) is 40.3 Å². The first-order valence-electron chi connectivity index (χ1n) is 15.8. The maximum atomic E-state index is 15.7. The van der Waals surface area contributed by atoms with Gasteiger partial charge in [-0.2, -0.15) is 0 Å². The molecule has 0 spiro atoms. The molecule has 242 valence electrons. The number of hydrogen-bond acceptors (Lipinski definition) is 6. The lowest BCUT2D eigenvalue weighted by Crippen LogP contribution is -2.31. The summed E-state index contributed by atoms with van der Waals surface area (Å²) in [6, 6.07) is 3.41. The van der Waals surface area contributed by atoms with Crippen molar-refractivity contribution >= 4 is 17.4 Å². The quantitative estimate of drug-likeness (QED) is 0.262. The minimum absolute atomic E-state index is 0.130. The van der Waals surface area contributed by atoms with Crippen LogP contribution in [0.2, 0.25) is 0 Å². The number of carboxylic acids is 1. The number of halogens is 1. The Labute approximate surface area is 262 Å². The van der Waals surface area contributed by atoms with Crippen molar-refractivity contribution in [1.29, 1.82) is 0 Å². The molecule has 1 aromatic carbocycles. The van der Waals surface area contributed by atoms with Crippen LogP contribution >= 0.6 is 0 Å². The van der Waals surface area contributed by atoms with Gasteiger partial charge < -0.3 is 19.5 Å². The van der Waals surface area contributed by atoms with Gasteiger partial charge in [-0.1, -0.05) is 41.5 Å². The van der Waals surface area contributed by atoms with Gasteiger partial charge in [-0.3, -0.25) is 0 Å². The summed E-state index contributed by atoms with van der Waals surface area (Å²) in [6.45, 7) is 24.6. The molecule has 0 aliphatic carbocycles. The Bertz CT molecular complexity index is 1510.